The fourth-order valence-electron chi connectivity index (χ4n) is 4.23. The smallest absolute Gasteiger partial charge is 0.309 e. The molecular weight excluding hydrogens is 320 g/mol. The molecule has 26 heavy (non-hydrogen) atoms. The van der Waals surface area contributed by atoms with Crippen LogP contribution in [-0.4, -0.2) is 11.1 Å². The Morgan fingerprint density at radius 2 is 1.38 bits per heavy atom. The van der Waals surface area contributed by atoms with Crippen molar-refractivity contribution in [2.24, 2.45) is 10.8 Å². The van der Waals surface area contributed by atoms with Crippen molar-refractivity contribution in [2.45, 2.75) is 96.8 Å². The van der Waals surface area contributed by atoms with Gasteiger partial charge in [0.15, 0.2) is 0 Å². The van der Waals surface area contributed by atoms with Gasteiger partial charge in [0.05, 0.1) is 5.41 Å². The van der Waals surface area contributed by atoms with E-state index in [9.17, 15) is 9.90 Å². The molecule has 1 N–H and O–H groups in total. The predicted molar refractivity (Wildman–Crippen MR) is 107 cm³/mol. The van der Waals surface area contributed by atoms with Gasteiger partial charge in [-0.05, 0) is 80.8 Å². The van der Waals surface area contributed by atoms with Gasteiger partial charge < -0.3 is 5.11 Å². The van der Waals surface area contributed by atoms with Gasteiger partial charge in [-0.2, -0.15) is 0 Å². The van der Waals surface area contributed by atoms with Crippen LogP contribution in [0.2, 0.25) is 0 Å². The van der Waals surface area contributed by atoms with Crippen molar-refractivity contribution >= 4 is 5.97 Å². The molecular formula is C24H36O2. The van der Waals surface area contributed by atoms with E-state index in [0.29, 0.717) is 5.41 Å². The van der Waals surface area contributed by atoms with Crippen molar-refractivity contribution < 1.29 is 9.90 Å². The Morgan fingerprint density at radius 1 is 0.846 bits per heavy atom. The van der Waals surface area contributed by atoms with E-state index in [1.54, 1.807) is 0 Å². The number of hydrogen-bond acceptors (Lipinski definition) is 1. The topological polar surface area (TPSA) is 37.3 Å². The minimum atomic E-state index is -0.571. The van der Waals surface area contributed by atoms with Crippen molar-refractivity contribution in [3.05, 3.63) is 35.4 Å². The van der Waals surface area contributed by atoms with Gasteiger partial charge in [0, 0.05) is 0 Å². The first-order chi connectivity index (χ1) is 12.5. The first-order valence-electron chi connectivity index (χ1n) is 10.8. The minimum Gasteiger partial charge on any atom is -0.481 e. The molecule has 2 saturated carbocycles. The highest BCUT2D eigenvalue weighted by Gasteiger charge is 2.49. The molecule has 2 fully saturated rings. The highest BCUT2D eigenvalue weighted by Crippen LogP contribution is 2.50. The van der Waals surface area contributed by atoms with Crippen molar-refractivity contribution in [3.8, 4) is 0 Å². The lowest BCUT2D eigenvalue weighted by atomic mass is 9.94. The minimum absolute atomic E-state index is 0.338. The average molecular weight is 357 g/mol. The summed E-state index contributed by atoms with van der Waals surface area (Å²) in [6.07, 6.45) is 16.8. The molecule has 2 heteroatoms. The van der Waals surface area contributed by atoms with E-state index in [0.717, 1.165) is 38.5 Å². The molecule has 1 aromatic carbocycles. The number of unbranched alkanes of at least 4 members (excludes halogenated alkanes) is 4. The van der Waals surface area contributed by atoms with Gasteiger partial charge in [-0.3, -0.25) is 4.79 Å². The van der Waals surface area contributed by atoms with Crippen LogP contribution in [0.15, 0.2) is 24.3 Å². The summed E-state index contributed by atoms with van der Waals surface area (Å²) in [4.78, 5) is 11.2. The predicted octanol–water partition coefficient (Wildman–Crippen LogP) is 6.56. The molecule has 0 atom stereocenters. The molecule has 0 unspecified atom stereocenters. The lowest BCUT2D eigenvalue weighted by Gasteiger charge is -2.11. The fraction of sp³-hybridized carbons (Fsp3) is 0.708. The Bertz CT molecular complexity index is 596. The van der Waals surface area contributed by atoms with Gasteiger partial charge in [-0.1, -0.05) is 56.9 Å². The summed E-state index contributed by atoms with van der Waals surface area (Å²) in [7, 11) is 0. The second-order valence-corrected chi connectivity index (χ2v) is 9.29. The van der Waals surface area contributed by atoms with Gasteiger partial charge in [0.1, 0.15) is 0 Å². The van der Waals surface area contributed by atoms with Gasteiger partial charge in [-0.25, -0.2) is 0 Å². The largest absolute Gasteiger partial charge is 0.481 e. The standard InChI is InChI=1S/C24H36O2/c1-23(16-17-23)14-8-2-4-10-20-12-6-7-13-21(20)11-5-3-9-15-24(18-19-24)22(25)26/h6-7,12-13H,2-5,8-11,14-19H2,1H3,(H,25,26). The summed E-state index contributed by atoms with van der Waals surface area (Å²) in [5.41, 5.74) is 3.42. The molecule has 0 saturated heterocycles. The van der Waals surface area contributed by atoms with Gasteiger partial charge in [-0.15, -0.1) is 0 Å². The molecule has 0 bridgehead atoms. The van der Waals surface area contributed by atoms with Crippen LogP contribution >= 0.6 is 0 Å². The third-order valence-electron chi connectivity index (χ3n) is 6.86. The zero-order valence-electron chi connectivity index (χ0n) is 16.6. The number of carboxylic acid groups (broad SMARTS) is 1. The van der Waals surface area contributed by atoms with E-state index >= 15 is 0 Å². The normalized spacial score (nSPS) is 19.3. The third-order valence-corrected chi connectivity index (χ3v) is 6.86. The number of carbonyl (C=O) groups is 1. The molecule has 2 aliphatic carbocycles. The number of benzene rings is 1. The first-order valence-corrected chi connectivity index (χ1v) is 10.8. The summed E-state index contributed by atoms with van der Waals surface area (Å²) >= 11 is 0. The molecule has 1 aromatic rings. The average Bonchev–Trinajstić information content (AvgIpc) is 3.54. The number of carboxylic acids is 1. The Labute approximate surface area is 159 Å². The molecule has 0 heterocycles. The molecule has 0 aromatic heterocycles. The lowest BCUT2D eigenvalue weighted by Crippen LogP contribution is -2.14. The zero-order chi connectivity index (χ0) is 18.5. The monoisotopic (exact) mass is 356 g/mol. The number of aryl methyl sites for hydroxylation is 2. The van der Waals surface area contributed by atoms with Gasteiger partial charge in [0.25, 0.3) is 0 Å². The SMILES string of the molecule is CC1(CCCCCc2ccccc2CCCCCC2(C(=O)O)CC2)CC1. The second-order valence-electron chi connectivity index (χ2n) is 9.29. The first kappa shape index (κ1) is 19.5. The van der Waals surface area contributed by atoms with E-state index in [2.05, 4.69) is 31.2 Å². The molecule has 144 valence electrons. The Morgan fingerprint density at radius 3 is 1.85 bits per heavy atom. The van der Waals surface area contributed by atoms with Crippen LogP contribution in [0.4, 0.5) is 0 Å². The number of aliphatic carboxylic acids is 1. The Kier molecular flexibility index (Phi) is 6.42. The third kappa shape index (κ3) is 5.59. The van der Waals surface area contributed by atoms with E-state index in [1.807, 2.05) is 0 Å². The molecule has 0 aliphatic heterocycles. The molecule has 0 radical (unpaired) electrons. The molecule has 0 spiro atoms. The maximum Gasteiger partial charge on any atom is 0.309 e. The molecule has 2 nitrogen and oxygen atoms in total. The lowest BCUT2D eigenvalue weighted by molar-refractivity contribution is -0.143. The van der Waals surface area contributed by atoms with Gasteiger partial charge >= 0.3 is 5.97 Å². The van der Waals surface area contributed by atoms with E-state index in [4.69, 9.17) is 0 Å². The molecule has 3 rings (SSSR count). The van der Waals surface area contributed by atoms with E-state index < -0.39 is 5.97 Å². The molecule has 0 amide bonds. The van der Waals surface area contributed by atoms with Crippen LogP contribution in [0.1, 0.15) is 95.1 Å². The van der Waals surface area contributed by atoms with E-state index in [1.165, 1.54) is 62.5 Å². The van der Waals surface area contributed by atoms with Crippen LogP contribution in [0, 0.1) is 10.8 Å². The van der Waals surface area contributed by atoms with Crippen molar-refractivity contribution in [3.63, 3.8) is 0 Å². The molecule has 2 aliphatic rings. The maximum atomic E-state index is 11.2. The van der Waals surface area contributed by atoms with E-state index in [-0.39, 0.29) is 5.41 Å². The summed E-state index contributed by atoms with van der Waals surface area (Å²) in [5, 5.41) is 9.24. The number of rotatable bonds is 13. The quantitative estimate of drug-likeness (QED) is 0.406. The van der Waals surface area contributed by atoms with Crippen molar-refractivity contribution in [1.82, 2.24) is 0 Å². The summed E-state index contributed by atoms with van der Waals surface area (Å²) in [6.45, 7) is 2.43. The highest BCUT2D eigenvalue weighted by atomic mass is 16.4. The summed E-state index contributed by atoms with van der Waals surface area (Å²) < 4.78 is 0. The Hall–Kier alpha value is -1.31. The van der Waals surface area contributed by atoms with Crippen LogP contribution in [0.3, 0.4) is 0 Å². The van der Waals surface area contributed by atoms with Crippen LogP contribution in [0.5, 0.6) is 0 Å². The second kappa shape index (κ2) is 8.59. The van der Waals surface area contributed by atoms with Crippen LogP contribution < -0.4 is 0 Å². The van der Waals surface area contributed by atoms with Crippen molar-refractivity contribution in [2.75, 3.05) is 0 Å². The number of hydrogen-bond donors (Lipinski definition) is 1. The van der Waals surface area contributed by atoms with Crippen molar-refractivity contribution in [1.29, 1.82) is 0 Å². The van der Waals surface area contributed by atoms with Crippen LogP contribution in [0.25, 0.3) is 0 Å². The summed E-state index contributed by atoms with van der Waals surface area (Å²) in [6, 6.07) is 8.94. The zero-order valence-corrected chi connectivity index (χ0v) is 16.6. The Balaban J connectivity index is 1.32. The van der Waals surface area contributed by atoms with Gasteiger partial charge in [0.2, 0.25) is 0 Å². The maximum absolute atomic E-state index is 11.2. The van der Waals surface area contributed by atoms with Crippen LogP contribution in [-0.2, 0) is 17.6 Å². The highest BCUT2D eigenvalue weighted by molar-refractivity contribution is 5.77. The summed E-state index contributed by atoms with van der Waals surface area (Å²) in [5.74, 6) is -0.571. The fourth-order valence-corrected chi connectivity index (χ4v) is 4.23.